The summed E-state index contributed by atoms with van der Waals surface area (Å²) >= 11 is 7.63. The van der Waals surface area contributed by atoms with Crippen molar-refractivity contribution in [2.24, 2.45) is 0 Å². The Morgan fingerprint density at radius 1 is 1.22 bits per heavy atom. The van der Waals surface area contributed by atoms with Crippen LogP contribution in [0.5, 0.6) is 6.01 Å². The molecule has 0 saturated carbocycles. The van der Waals surface area contributed by atoms with Gasteiger partial charge in [0.25, 0.3) is 0 Å². The van der Waals surface area contributed by atoms with Gasteiger partial charge in [-0.25, -0.2) is 13.2 Å². The van der Waals surface area contributed by atoms with E-state index in [9.17, 15) is 14.0 Å². The van der Waals surface area contributed by atoms with Gasteiger partial charge in [-0.15, -0.1) is 11.3 Å². The number of benzene rings is 2. The molecule has 8 nitrogen and oxygen atoms in total. The molecule has 2 N–H and O–H groups in total. The fourth-order valence-electron chi connectivity index (χ4n) is 6.78. The van der Waals surface area contributed by atoms with Crippen molar-refractivity contribution < 1.29 is 22.6 Å². The highest BCUT2D eigenvalue weighted by atomic mass is 35.5. The van der Waals surface area contributed by atoms with Gasteiger partial charge in [0.1, 0.15) is 34.4 Å². The number of ether oxygens (including phenoxy) is 2. The van der Waals surface area contributed by atoms with Crippen LogP contribution in [0.2, 0.25) is 5.02 Å². The molecule has 3 atom stereocenters. The molecular weight excluding hydrogens is 625 g/mol. The number of thiophene rings is 1. The zero-order chi connectivity index (χ0) is 31.8. The van der Waals surface area contributed by atoms with Crippen LogP contribution in [0.25, 0.3) is 32.1 Å². The first-order valence-corrected chi connectivity index (χ1v) is 16.3. The van der Waals surface area contributed by atoms with Crippen molar-refractivity contribution in [3.63, 3.8) is 0 Å². The van der Waals surface area contributed by atoms with Crippen LogP contribution in [-0.4, -0.2) is 73.1 Å². The topological polar surface area (TPSA) is 101 Å². The molecule has 3 unspecified atom stereocenters. The second-order valence-corrected chi connectivity index (χ2v) is 13.0. The van der Waals surface area contributed by atoms with Gasteiger partial charge in [-0.05, 0) is 56.3 Å². The number of methoxy groups -OCH3 is 1. The van der Waals surface area contributed by atoms with Crippen molar-refractivity contribution in [2.75, 3.05) is 50.6 Å². The highest BCUT2D eigenvalue weighted by molar-refractivity contribution is 7.23. The van der Waals surface area contributed by atoms with Gasteiger partial charge < -0.3 is 20.1 Å². The van der Waals surface area contributed by atoms with Crippen molar-refractivity contribution in [3.8, 4) is 23.2 Å². The van der Waals surface area contributed by atoms with Gasteiger partial charge in [0.05, 0.1) is 29.0 Å². The standard InChI is InChI=1S/C25H22ClF2N5O2S.C7H12FN/c1-3-12-6-8-35-9-7-33(12)24-14-10-16(26)19(20(28)21(14)31-25(32-24)34-2)13-4-5-17(27)22-18(13)15(11-29)23(30)36-22;8-6-4-7-2-1-3-9(7)5-6/h4-5,10,12H,3,6-9,30H2,1-2H3;6-7H,1-5H2. The van der Waals surface area contributed by atoms with E-state index in [1.54, 1.807) is 6.07 Å². The van der Waals surface area contributed by atoms with Crippen LogP contribution in [0.3, 0.4) is 0 Å². The van der Waals surface area contributed by atoms with Crippen molar-refractivity contribution in [2.45, 2.75) is 57.3 Å². The van der Waals surface area contributed by atoms with Crippen LogP contribution in [-0.2, 0) is 4.74 Å². The molecule has 4 aromatic rings. The molecule has 238 valence electrons. The molecule has 3 aliphatic rings. The number of hydrogen-bond donors (Lipinski definition) is 1. The average molecular weight is 659 g/mol. The van der Waals surface area contributed by atoms with Gasteiger partial charge in [-0.2, -0.15) is 15.2 Å². The Hall–Kier alpha value is -3.37. The van der Waals surface area contributed by atoms with Gasteiger partial charge in [0.15, 0.2) is 5.82 Å². The highest BCUT2D eigenvalue weighted by Crippen LogP contribution is 2.46. The van der Waals surface area contributed by atoms with E-state index in [0.29, 0.717) is 43.5 Å². The number of hydrogen-bond acceptors (Lipinski definition) is 9. The normalized spacial score (nSPS) is 21.8. The summed E-state index contributed by atoms with van der Waals surface area (Å²) in [5.41, 5.74) is 6.32. The first-order valence-electron chi connectivity index (χ1n) is 15.1. The van der Waals surface area contributed by atoms with Gasteiger partial charge in [0, 0.05) is 48.1 Å². The minimum Gasteiger partial charge on any atom is -0.467 e. The summed E-state index contributed by atoms with van der Waals surface area (Å²) in [5.74, 6) is -0.770. The number of halogens is 4. The lowest BCUT2D eigenvalue weighted by atomic mass is 9.97. The molecular formula is C32H34ClF3N6O2S. The Bertz CT molecular complexity index is 1770. The zero-order valence-electron chi connectivity index (χ0n) is 25.1. The number of rotatable bonds is 4. The Kier molecular flexibility index (Phi) is 9.24. The van der Waals surface area contributed by atoms with Crippen LogP contribution in [0.4, 0.5) is 24.0 Å². The van der Waals surface area contributed by atoms with Gasteiger partial charge >= 0.3 is 6.01 Å². The number of anilines is 2. The number of nitrogen functional groups attached to an aromatic ring is 1. The number of nitrogens with zero attached hydrogens (tertiary/aromatic N) is 5. The summed E-state index contributed by atoms with van der Waals surface area (Å²) in [6.45, 7) is 5.62. The predicted octanol–water partition coefficient (Wildman–Crippen LogP) is 7.10. The summed E-state index contributed by atoms with van der Waals surface area (Å²) in [7, 11) is 1.42. The summed E-state index contributed by atoms with van der Waals surface area (Å²) < 4.78 is 54.7. The predicted molar refractivity (Wildman–Crippen MR) is 172 cm³/mol. The summed E-state index contributed by atoms with van der Waals surface area (Å²) in [6, 6.07) is 6.98. The molecule has 45 heavy (non-hydrogen) atoms. The lowest BCUT2D eigenvalue weighted by Crippen LogP contribution is -2.36. The molecule has 2 aromatic carbocycles. The lowest BCUT2D eigenvalue weighted by molar-refractivity contribution is 0.150. The SMILES string of the molecule is CCC1CCOCCN1c1nc(OC)nc2c(F)c(-c3ccc(F)c4sc(N)c(C#N)c34)c(Cl)cc12.FC1CC2CCCN2C1. The smallest absolute Gasteiger partial charge is 0.318 e. The number of nitriles is 1. The van der Waals surface area contributed by atoms with E-state index in [-0.39, 0.29) is 54.4 Å². The third kappa shape index (κ3) is 5.87. The molecule has 3 saturated heterocycles. The third-order valence-electron chi connectivity index (χ3n) is 8.94. The molecule has 2 aromatic heterocycles. The maximum absolute atomic E-state index is 16.3. The van der Waals surface area contributed by atoms with Crippen LogP contribution in [0.1, 0.15) is 44.6 Å². The molecule has 0 bridgehead atoms. The van der Waals surface area contributed by atoms with E-state index in [1.807, 2.05) is 6.07 Å². The maximum Gasteiger partial charge on any atom is 0.318 e. The van der Waals surface area contributed by atoms with Gasteiger partial charge in [-0.3, -0.25) is 4.90 Å². The van der Waals surface area contributed by atoms with E-state index in [0.717, 1.165) is 37.1 Å². The lowest BCUT2D eigenvalue weighted by Gasteiger charge is -2.30. The quantitative estimate of drug-likeness (QED) is 0.248. The number of alkyl halides is 1. The fourth-order valence-corrected chi connectivity index (χ4v) is 8.02. The molecule has 3 fully saturated rings. The summed E-state index contributed by atoms with van der Waals surface area (Å²) in [6.07, 6.45) is 4.45. The fraction of sp³-hybridized carbons (Fsp3) is 0.469. The number of aromatic nitrogens is 2. The highest BCUT2D eigenvalue weighted by Gasteiger charge is 2.35. The van der Waals surface area contributed by atoms with Crippen molar-refractivity contribution in [1.82, 2.24) is 14.9 Å². The minimum atomic E-state index is -0.722. The van der Waals surface area contributed by atoms with E-state index in [1.165, 1.54) is 32.1 Å². The number of fused-ring (bicyclic) bond motifs is 3. The molecule has 0 amide bonds. The molecule has 7 rings (SSSR count). The second kappa shape index (κ2) is 13.2. The second-order valence-electron chi connectivity index (χ2n) is 11.5. The van der Waals surface area contributed by atoms with Crippen molar-refractivity contribution in [1.29, 1.82) is 5.26 Å². The van der Waals surface area contributed by atoms with Crippen LogP contribution < -0.4 is 15.4 Å². The Balaban J connectivity index is 0.000000337. The Morgan fingerprint density at radius 3 is 2.78 bits per heavy atom. The molecule has 0 spiro atoms. The van der Waals surface area contributed by atoms with Crippen LogP contribution in [0, 0.1) is 23.0 Å². The molecule has 3 aliphatic heterocycles. The van der Waals surface area contributed by atoms with E-state index in [2.05, 4.69) is 26.7 Å². The Labute approximate surface area is 268 Å². The molecule has 0 radical (unpaired) electrons. The van der Waals surface area contributed by atoms with E-state index < -0.39 is 17.8 Å². The van der Waals surface area contributed by atoms with Crippen LogP contribution >= 0.6 is 22.9 Å². The summed E-state index contributed by atoms with van der Waals surface area (Å²) in [4.78, 5) is 13.2. The van der Waals surface area contributed by atoms with Crippen molar-refractivity contribution >= 4 is 54.7 Å². The minimum absolute atomic E-state index is 0.00131. The zero-order valence-corrected chi connectivity index (χ0v) is 26.7. The number of nitrogens with two attached hydrogens (primary N) is 1. The Morgan fingerprint density at radius 2 is 2.04 bits per heavy atom. The van der Waals surface area contributed by atoms with Gasteiger partial charge in [0.2, 0.25) is 0 Å². The van der Waals surface area contributed by atoms with Crippen molar-refractivity contribution in [3.05, 3.63) is 40.4 Å². The van der Waals surface area contributed by atoms with Gasteiger partial charge in [-0.1, -0.05) is 24.6 Å². The molecule has 13 heteroatoms. The van der Waals surface area contributed by atoms with Crippen LogP contribution in [0.15, 0.2) is 18.2 Å². The maximum atomic E-state index is 16.3. The first-order chi connectivity index (χ1) is 21.7. The molecule has 5 heterocycles. The van der Waals surface area contributed by atoms with E-state index in [4.69, 9.17) is 26.8 Å². The third-order valence-corrected chi connectivity index (χ3v) is 10.3. The average Bonchev–Trinajstić information content (AvgIpc) is 3.65. The monoisotopic (exact) mass is 658 g/mol. The molecule has 0 aliphatic carbocycles. The first kappa shape index (κ1) is 31.6. The summed E-state index contributed by atoms with van der Waals surface area (Å²) in [5, 5.41) is 10.5. The van der Waals surface area contributed by atoms with E-state index >= 15 is 4.39 Å². The largest absolute Gasteiger partial charge is 0.467 e.